The van der Waals surface area contributed by atoms with Crippen molar-refractivity contribution in [3.05, 3.63) is 28.8 Å². The van der Waals surface area contributed by atoms with Crippen molar-refractivity contribution in [3.63, 3.8) is 0 Å². The summed E-state index contributed by atoms with van der Waals surface area (Å²) in [5.74, 6) is 0.693. The largest absolute Gasteiger partial charge is 0.493 e. The van der Waals surface area contributed by atoms with Crippen LogP contribution in [-0.2, 0) is 0 Å². The predicted molar refractivity (Wildman–Crippen MR) is 57.9 cm³/mol. The van der Waals surface area contributed by atoms with Crippen LogP contribution in [0.5, 0.6) is 5.75 Å². The minimum atomic E-state index is 0.0828. The molecule has 15 heavy (non-hydrogen) atoms. The summed E-state index contributed by atoms with van der Waals surface area (Å²) in [6, 6.07) is 6.87. The summed E-state index contributed by atoms with van der Waals surface area (Å²) in [4.78, 5) is 0. The molecule has 3 nitrogen and oxygen atoms in total. The van der Waals surface area contributed by atoms with E-state index in [0.717, 1.165) is 0 Å². The highest BCUT2D eigenvalue weighted by atomic mass is 35.5. The van der Waals surface area contributed by atoms with E-state index in [-0.39, 0.29) is 12.5 Å². The maximum atomic E-state index is 8.80. The van der Waals surface area contributed by atoms with Crippen LogP contribution in [0.25, 0.3) is 0 Å². The molecule has 1 atom stereocenters. The van der Waals surface area contributed by atoms with Gasteiger partial charge in [0.25, 0.3) is 0 Å². The van der Waals surface area contributed by atoms with Crippen LogP contribution in [0.2, 0.25) is 5.02 Å². The number of hydrogen-bond acceptors (Lipinski definition) is 3. The molecule has 0 aliphatic carbocycles. The SMILES string of the molecule is CC(CO)COc1ccc(C#N)c(Cl)c1. The molecular formula is C11H12ClNO2. The molecule has 0 bridgehead atoms. The molecule has 80 valence electrons. The van der Waals surface area contributed by atoms with Gasteiger partial charge in [0, 0.05) is 18.6 Å². The first kappa shape index (κ1) is 11.8. The zero-order valence-corrected chi connectivity index (χ0v) is 9.16. The molecule has 4 heteroatoms. The number of aliphatic hydroxyl groups is 1. The van der Waals surface area contributed by atoms with E-state index in [1.807, 2.05) is 13.0 Å². The summed E-state index contributed by atoms with van der Waals surface area (Å²) in [5, 5.41) is 17.8. The predicted octanol–water partition coefficient (Wildman–Crippen LogP) is 2.22. The van der Waals surface area contributed by atoms with Crippen molar-refractivity contribution in [2.45, 2.75) is 6.92 Å². The van der Waals surface area contributed by atoms with Crippen LogP contribution < -0.4 is 4.74 Å². The van der Waals surface area contributed by atoms with Crippen molar-refractivity contribution in [3.8, 4) is 11.8 Å². The van der Waals surface area contributed by atoms with Crippen molar-refractivity contribution in [1.82, 2.24) is 0 Å². The Morgan fingerprint density at radius 3 is 2.87 bits per heavy atom. The Morgan fingerprint density at radius 1 is 1.60 bits per heavy atom. The summed E-state index contributed by atoms with van der Waals surface area (Å²) < 4.78 is 5.39. The van der Waals surface area contributed by atoms with Crippen LogP contribution in [0, 0.1) is 17.2 Å². The number of hydrogen-bond donors (Lipinski definition) is 1. The highest BCUT2D eigenvalue weighted by Crippen LogP contribution is 2.22. The fourth-order valence-electron chi connectivity index (χ4n) is 0.967. The molecule has 1 rings (SSSR count). The van der Waals surface area contributed by atoms with Crippen LogP contribution >= 0.6 is 11.6 Å². The number of aliphatic hydroxyl groups excluding tert-OH is 1. The molecule has 0 fully saturated rings. The van der Waals surface area contributed by atoms with Gasteiger partial charge >= 0.3 is 0 Å². The van der Waals surface area contributed by atoms with Crippen molar-refractivity contribution in [2.24, 2.45) is 5.92 Å². The van der Waals surface area contributed by atoms with E-state index >= 15 is 0 Å². The normalized spacial score (nSPS) is 11.9. The first-order valence-corrected chi connectivity index (χ1v) is 4.98. The maximum Gasteiger partial charge on any atom is 0.120 e. The average molecular weight is 226 g/mol. The second-order valence-corrected chi connectivity index (χ2v) is 3.76. The van der Waals surface area contributed by atoms with E-state index < -0.39 is 0 Å². The summed E-state index contributed by atoms with van der Waals surface area (Å²) in [6.07, 6.45) is 0. The summed E-state index contributed by atoms with van der Waals surface area (Å²) in [6.45, 7) is 2.40. The van der Waals surface area contributed by atoms with E-state index in [2.05, 4.69) is 0 Å². The van der Waals surface area contributed by atoms with Crippen molar-refractivity contribution < 1.29 is 9.84 Å². The first-order chi connectivity index (χ1) is 7.17. The highest BCUT2D eigenvalue weighted by Gasteiger charge is 2.04. The molecular weight excluding hydrogens is 214 g/mol. The van der Waals surface area contributed by atoms with Crippen LogP contribution in [0.3, 0.4) is 0 Å². The number of nitrogens with zero attached hydrogens (tertiary/aromatic N) is 1. The van der Waals surface area contributed by atoms with Crippen molar-refractivity contribution >= 4 is 11.6 Å². The number of nitriles is 1. The summed E-state index contributed by atoms with van der Waals surface area (Å²) >= 11 is 5.83. The van der Waals surface area contributed by atoms with E-state index in [1.54, 1.807) is 18.2 Å². The summed E-state index contributed by atoms with van der Waals surface area (Å²) in [5.41, 5.74) is 0.430. The second-order valence-electron chi connectivity index (χ2n) is 3.35. The number of rotatable bonds is 4. The fourth-order valence-corrected chi connectivity index (χ4v) is 1.18. The third-order valence-corrected chi connectivity index (χ3v) is 2.22. The van der Waals surface area contributed by atoms with Crippen molar-refractivity contribution in [1.29, 1.82) is 5.26 Å². The lowest BCUT2D eigenvalue weighted by atomic mass is 10.2. The zero-order chi connectivity index (χ0) is 11.3. The van der Waals surface area contributed by atoms with E-state index in [0.29, 0.717) is 22.9 Å². The molecule has 1 aromatic carbocycles. The molecule has 0 spiro atoms. The van der Waals surface area contributed by atoms with Gasteiger partial charge in [-0.2, -0.15) is 5.26 Å². The molecule has 0 aliphatic heterocycles. The van der Waals surface area contributed by atoms with Crippen molar-refractivity contribution in [2.75, 3.05) is 13.2 Å². The molecule has 0 amide bonds. The van der Waals surface area contributed by atoms with Gasteiger partial charge in [-0.05, 0) is 12.1 Å². The van der Waals surface area contributed by atoms with Gasteiger partial charge in [0.05, 0.1) is 17.2 Å². The second kappa shape index (κ2) is 5.59. The number of benzene rings is 1. The van der Waals surface area contributed by atoms with Gasteiger partial charge in [-0.25, -0.2) is 0 Å². The van der Waals surface area contributed by atoms with Gasteiger partial charge in [-0.1, -0.05) is 18.5 Å². The molecule has 0 heterocycles. The fraction of sp³-hybridized carbons (Fsp3) is 0.364. The van der Waals surface area contributed by atoms with E-state index in [9.17, 15) is 0 Å². The Labute approximate surface area is 93.9 Å². The third kappa shape index (κ3) is 3.43. The van der Waals surface area contributed by atoms with Gasteiger partial charge in [0.15, 0.2) is 0 Å². The van der Waals surface area contributed by atoms with Gasteiger partial charge < -0.3 is 9.84 Å². The quantitative estimate of drug-likeness (QED) is 0.855. The lowest BCUT2D eigenvalue weighted by molar-refractivity contribution is 0.174. The summed E-state index contributed by atoms with van der Waals surface area (Å²) in [7, 11) is 0. The van der Waals surface area contributed by atoms with Gasteiger partial charge in [-0.15, -0.1) is 0 Å². The minimum Gasteiger partial charge on any atom is -0.493 e. The number of ether oxygens (including phenoxy) is 1. The molecule has 0 radical (unpaired) electrons. The van der Waals surface area contributed by atoms with Crippen LogP contribution in [-0.4, -0.2) is 18.3 Å². The molecule has 0 saturated carbocycles. The zero-order valence-electron chi connectivity index (χ0n) is 8.40. The average Bonchev–Trinajstić information content (AvgIpc) is 2.26. The van der Waals surface area contributed by atoms with E-state index in [4.69, 9.17) is 26.7 Å². The maximum absolute atomic E-state index is 8.80. The standard InChI is InChI=1S/C11H12ClNO2/c1-8(6-14)7-15-10-3-2-9(5-13)11(12)4-10/h2-4,8,14H,6-7H2,1H3. The van der Waals surface area contributed by atoms with Crippen LogP contribution in [0.1, 0.15) is 12.5 Å². The lowest BCUT2D eigenvalue weighted by Gasteiger charge is -2.10. The molecule has 1 aromatic rings. The topological polar surface area (TPSA) is 53.2 Å². The molecule has 0 aromatic heterocycles. The minimum absolute atomic E-state index is 0.0828. The molecule has 1 unspecified atom stereocenters. The lowest BCUT2D eigenvalue weighted by Crippen LogP contribution is -2.12. The highest BCUT2D eigenvalue weighted by molar-refractivity contribution is 6.31. The first-order valence-electron chi connectivity index (χ1n) is 4.60. The van der Waals surface area contributed by atoms with Crippen LogP contribution in [0.15, 0.2) is 18.2 Å². The Morgan fingerprint density at radius 2 is 2.33 bits per heavy atom. The van der Waals surface area contributed by atoms with Crippen LogP contribution in [0.4, 0.5) is 0 Å². The Kier molecular flexibility index (Phi) is 4.41. The number of halogens is 1. The monoisotopic (exact) mass is 225 g/mol. The van der Waals surface area contributed by atoms with E-state index in [1.165, 1.54) is 0 Å². The third-order valence-electron chi connectivity index (χ3n) is 1.91. The van der Waals surface area contributed by atoms with Gasteiger partial charge in [0.1, 0.15) is 11.8 Å². The Hall–Kier alpha value is -1.24. The smallest absolute Gasteiger partial charge is 0.120 e. The Bertz CT molecular complexity index is 373. The Balaban J connectivity index is 2.64. The molecule has 1 N–H and O–H groups in total. The molecule has 0 saturated heterocycles. The molecule has 0 aliphatic rings. The van der Waals surface area contributed by atoms with Gasteiger partial charge in [-0.3, -0.25) is 0 Å². The van der Waals surface area contributed by atoms with Gasteiger partial charge in [0.2, 0.25) is 0 Å².